The van der Waals surface area contributed by atoms with Crippen molar-refractivity contribution >= 4 is 27.7 Å². The second kappa shape index (κ2) is 7.22. The van der Waals surface area contributed by atoms with Gasteiger partial charge in [0.15, 0.2) is 0 Å². The van der Waals surface area contributed by atoms with E-state index >= 15 is 0 Å². The third kappa shape index (κ3) is 4.06. The summed E-state index contributed by atoms with van der Waals surface area (Å²) in [4.78, 5) is 1.17. The summed E-state index contributed by atoms with van der Waals surface area (Å²) in [6, 6.07) is 12.9. The van der Waals surface area contributed by atoms with Gasteiger partial charge in [-0.25, -0.2) is 4.39 Å². The van der Waals surface area contributed by atoms with E-state index in [0.717, 1.165) is 21.4 Å². The number of thioether (sulfide) groups is 1. The molecule has 0 saturated carbocycles. The van der Waals surface area contributed by atoms with Crippen LogP contribution in [0.1, 0.15) is 17.2 Å². The van der Waals surface area contributed by atoms with E-state index in [-0.39, 0.29) is 11.9 Å². The predicted octanol–water partition coefficient (Wildman–Crippen LogP) is 4.19. The smallest absolute Gasteiger partial charge is 0.123 e. The molecule has 0 aromatic heterocycles. The maximum absolute atomic E-state index is 13.1. The lowest BCUT2D eigenvalue weighted by atomic mass is 10.0. The Balaban J connectivity index is 2.07. The summed E-state index contributed by atoms with van der Waals surface area (Å²) in [6.45, 7) is 1.90. The number of hydrogen-bond donors (Lipinski definition) is 2. The standard InChI is InChI=1S/C15H16BrFN2S/c1-10-8-12(17)4-7-14(10)15(19-18)9-20-13-5-2-11(16)3-6-13/h2-8,15,19H,9,18H2,1H3. The number of nitrogens with one attached hydrogen (secondary N) is 1. The summed E-state index contributed by atoms with van der Waals surface area (Å²) in [6.07, 6.45) is 0. The van der Waals surface area contributed by atoms with Crippen molar-refractivity contribution in [3.05, 3.63) is 63.9 Å². The number of rotatable bonds is 5. The molecule has 0 aliphatic carbocycles. The van der Waals surface area contributed by atoms with E-state index < -0.39 is 0 Å². The molecule has 1 unspecified atom stereocenters. The van der Waals surface area contributed by atoms with Gasteiger partial charge in [0.2, 0.25) is 0 Å². The molecule has 0 spiro atoms. The van der Waals surface area contributed by atoms with Gasteiger partial charge in [-0.3, -0.25) is 11.3 Å². The minimum atomic E-state index is -0.220. The first-order chi connectivity index (χ1) is 9.60. The van der Waals surface area contributed by atoms with E-state index in [2.05, 4.69) is 33.5 Å². The zero-order valence-corrected chi connectivity index (χ0v) is 13.5. The van der Waals surface area contributed by atoms with Crippen LogP contribution in [0.25, 0.3) is 0 Å². The number of benzene rings is 2. The molecular formula is C15H16BrFN2S. The molecule has 0 amide bonds. The Morgan fingerprint density at radius 3 is 2.55 bits per heavy atom. The Bertz CT molecular complexity index is 575. The SMILES string of the molecule is Cc1cc(F)ccc1C(CSc1ccc(Br)cc1)NN. The number of nitrogens with two attached hydrogens (primary N) is 1. The molecule has 2 nitrogen and oxygen atoms in total. The second-order valence-corrected chi connectivity index (χ2v) is 6.49. The first-order valence-corrected chi connectivity index (χ1v) is 7.98. The van der Waals surface area contributed by atoms with Gasteiger partial charge in [0.25, 0.3) is 0 Å². The van der Waals surface area contributed by atoms with Crippen molar-refractivity contribution in [1.82, 2.24) is 5.43 Å². The van der Waals surface area contributed by atoms with E-state index in [4.69, 9.17) is 5.84 Å². The second-order valence-electron chi connectivity index (χ2n) is 4.49. The predicted molar refractivity (Wildman–Crippen MR) is 86.1 cm³/mol. The van der Waals surface area contributed by atoms with E-state index in [0.29, 0.717) is 0 Å². The van der Waals surface area contributed by atoms with Gasteiger partial charge >= 0.3 is 0 Å². The van der Waals surface area contributed by atoms with Crippen LogP contribution in [-0.2, 0) is 0 Å². The molecule has 0 fully saturated rings. The number of aryl methyl sites for hydroxylation is 1. The van der Waals surface area contributed by atoms with E-state index in [1.807, 2.05) is 19.1 Å². The first kappa shape index (κ1) is 15.5. The molecule has 106 valence electrons. The third-order valence-electron chi connectivity index (χ3n) is 3.04. The minimum absolute atomic E-state index is 0.00996. The maximum atomic E-state index is 13.1. The van der Waals surface area contributed by atoms with Gasteiger partial charge in [-0.2, -0.15) is 0 Å². The molecule has 2 aromatic carbocycles. The lowest BCUT2D eigenvalue weighted by Crippen LogP contribution is -2.30. The van der Waals surface area contributed by atoms with Crippen molar-refractivity contribution in [1.29, 1.82) is 0 Å². The maximum Gasteiger partial charge on any atom is 0.123 e. The highest BCUT2D eigenvalue weighted by atomic mass is 79.9. The monoisotopic (exact) mass is 354 g/mol. The summed E-state index contributed by atoms with van der Waals surface area (Å²) in [5.74, 6) is 6.20. The molecule has 0 aliphatic heterocycles. The largest absolute Gasteiger partial charge is 0.271 e. The average molecular weight is 355 g/mol. The molecule has 0 saturated heterocycles. The molecular weight excluding hydrogens is 339 g/mol. The van der Waals surface area contributed by atoms with Gasteiger partial charge in [-0.05, 0) is 54.4 Å². The normalized spacial score (nSPS) is 12.4. The van der Waals surface area contributed by atoms with Crippen molar-refractivity contribution in [3.63, 3.8) is 0 Å². The highest BCUT2D eigenvalue weighted by Crippen LogP contribution is 2.27. The molecule has 2 rings (SSSR count). The summed E-state index contributed by atoms with van der Waals surface area (Å²) < 4.78 is 14.2. The molecule has 20 heavy (non-hydrogen) atoms. The molecule has 0 heterocycles. The van der Waals surface area contributed by atoms with Gasteiger partial charge in [-0.1, -0.05) is 22.0 Å². The summed E-state index contributed by atoms with van der Waals surface area (Å²) in [5.41, 5.74) is 4.74. The molecule has 3 N–H and O–H groups in total. The number of hydrazine groups is 1. The zero-order valence-electron chi connectivity index (χ0n) is 11.1. The van der Waals surface area contributed by atoms with Crippen LogP contribution in [0.4, 0.5) is 4.39 Å². The molecule has 0 aliphatic rings. The molecule has 2 aromatic rings. The molecule has 0 radical (unpaired) electrons. The minimum Gasteiger partial charge on any atom is -0.271 e. The Hall–Kier alpha value is -0.880. The van der Waals surface area contributed by atoms with Crippen molar-refractivity contribution < 1.29 is 4.39 Å². The Morgan fingerprint density at radius 2 is 1.95 bits per heavy atom. The highest BCUT2D eigenvalue weighted by Gasteiger charge is 2.13. The van der Waals surface area contributed by atoms with Crippen LogP contribution in [0.3, 0.4) is 0 Å². The fourth-order valence-electron chi connectivity index (χ4n) is 1.97. The number of halogens is 2. The lowest BCUT2D eigenvalue weighted by molar-refractivity contribution is 0.597. The summed E-state index contributed by atoms with van der Waals surface area (Å²) >= 11 is 5.13. The van der Waals surface area contributed by atoms with Gasteiger partial charge in [0.1, 0.15) is 5.82 Å². The van der Waals surface area contributed by atoms with E-state index in [1.54, 1.807) is 17.8 Å². The summed E-state index contributed by atoms with van der Waals surface area (Å²) in [5, 5.41) is 0. The fourth-order valence-corrected chi connectivity index (χ4v) is 3.20. The van der Waals surface area contributed by atoms with Crippen molar-refractivity contribution in [2.24, 2.45) is 5.84 Å². The van der Waals surface area contributed by atoms with Gasteiger partial charge in [0.05, 0.1) is 6.04 Å². The van der Waals surface area contributed by atoms with Gasteiger partial charge in [-0.15, -0.1) is 11.8 Å². The molecule has 0 bridgehead atoms. The van der Waals surface area contributed by atoms with Crippen molar-refractivity contribution in [3.8, 4) is 0 Å². The molecule has 5 heteroatoms. The average Bonchev–Trinajstić information content (AvgIpc) is 2.43. The van der Waals surface area contributed by atoms with Crippen LogP contribution >= 0.6 is 27.7 Å². The van der Waals surface area contributed by atoms with Crippen LogP contribution in [0, 0.1) is 12.7 Å². The Kier molecular flexibility index (Phi) is 5.60. The number of hydrogen-bond acceptors (Lipinski definition) is 3. The van der Waals surface area contributed by atoms with E-state index in [9.17, 15) is 4.39 Å². The molecule has 1 atom stereocenters. The topological polar surface area (TPSA) is 38.0 Å². The lowest BCUT2D eigenvalue weighted by Gasteiger charge is -2.18. The summed E-state index contributed by atoms with van der Waals surface area (Å²) in [7, 11) is 0. The van der Waals surface area contributed by atoms with Gasteiger partial charge < -0.3 is 0 Å². The van der Waals surface area contributed by atoms with Crippen molar-refractivity contribution in [2.75, 3.05) is 5.75 Å². The van der Waals surface area contributed by atoms with Crippen LogP contribution < -0.4 is 11.3 Å². The van der Waals surface area contributed by atoms with Crippen LogP contribution in [0.2, 0.25) is 0 Å². The van der Waals surface area contributed by atoms with E-state index in [1.165, 1.54) is 17.0 Å². The fraction of sp³-hybridized carbons (Fsp3) is 0.200. The third-order valence-corrected chi connectivity index (χ3v) is 4.67. The van der Waals surface area contributed by atoms with Gasteiger partial charge in [0, 0.05) is 15.1 Å². The van der Waals surface area contributed by atoms with Crippen LogP contribution in [0.15, 0.2) is 51.8 Å². The zero-order chi connectivity index (χ0) is 14.5. The van der Waals surface area contributed by atoms with Crippen molar-refractivity contribution in [2.45, 2.75) is 17.9 Å². The Morgan fingerprint density at radius 1 is 1.25 bits per heavy atom. The quantitative estimate of drug-likeness (QED) is 0.480. The first-order valence-electron chi connectivity index (χ1n) is 6.20. The Labute approximate surface area is 131 Å². The van der Waals surface area contributed by atoms with Crippen LogP contribution in [-0.4, -0.2) is 5.75 Å². The van der Waals surface area contributed by atoms with Crippen LogP contribution in [0.5, 0.6) is 0 Å². The highest BCUT2D eigenvalue weighted by molar-refractivity contribution is 9.10.